The van der Waals surface area contributed by atoms with E-state index in [2.05, 4.69) is 9.97 Å². The lowest BCUT2D eigenvalue weighted by atomic mass is 10.3. The molecule has 0 radical (unpaired) electrons. The number of aryl methyl sites for hydroxylation is 1. The summed E-state index contributed by atoms with van der Waals surface area (Å²) >= 11 is 7.01. The van der Waals surface area contributed by atoms with E-state index in [0.29, 0.717) is 5.03 Å². The Kier molecular flexibility index (Phi) is 3.35. The van der Waals surface area contributed by atoms with Gasteiger partial charge in [0.25, 0.3) is 0 Å². The molecule has 5 nitrogen and oxygen atoms in total. The molecule has 2 heterocycles. The van der Waals surface area contributed by atoms with Crippen molar-refractivity contribution in [3.05, 3.63) is 35.2 Å². The molecule has 88 valence electrons. The molecular formula is C10H8ClN3O2S. The van der Waals surface area contributed by atoms with E-state index < -0.39 is 5.97 Å². The molecule has 0 fully saturated rings. The molecule has 0 unspecified atom stereocenters. The van der Waals surface area contributed by atoms with Gasteiger partial charge >= 0.3 is 5.97 Å². The van der Waals surface area contributed by atoms with Gasteiger partial charge in [0, 0.05) is 25.6 Å². The molecule has 17 heavy (non-hydrogen) atoms. The van der Waals surface area contributed by atoms with Crippen molar-refractivity contribution in [2.75, 3.05) is 0 Å². The van der Waals surface area contributed by atoms with E-state index in [1.807, 2.05) is 11.6 Å². The van der Waals surface area contributed by atoms with Crippen molar-refractivity contribution in [2.24, 2.45) is 7.05 Å². The van der Waals surface area contributed by atoms with Crippen LogP contribution in [0.5, 0.6) is 0 Å². The van der Waals surface area contributed by atoms with Crippen molar-refractivity contribution in [1.82, 2.24) is 14.5 Å². The van der Waals surface area contributed by atoms with E-state index in [0.717, 1.165) is 5.16 Å². The first kappa shape index (κ1) is 11.9. The number of hydrogen-bond donors (Lipinski definition) is 1. The summed E-state index contributed by atoms with van der Waals surface area (Å²) in [6, 6.07) is 1.43. The van der Waals surface area contributed by atoms with Gasteiger partial charge in [0.2, 0.25) is 0 Å². The van der Waals surface area contributed by atoms with Crippen LogP contribution in [0.25, 0.3) is 0 Å². The third kappa shape index (κ3) is 2.59. The van der Waals surface area contributed by atoms with Crippen LogP contribution in [0.4, 0.5) is 0 Å². The maximum Gasteiger partial charge on any atom is 0.337 e. The Morgan fingerprint density at radius 1 is 1.53 bits per heavy atom. The molecule has 2 aromatic heterocycles. The van der Waals surface area contributed by atoms with E-state index in [9.17, 15) is 4.79 Å². The number of carbonyl (C=O) groups is 1. The van der Waals surface area contributed by atoms with Gasteiger partial charge in [-0.25, -0.2) is 14.8 Å². The molecule has 0 amide bonds. The lowest BCUT2D eigenvalue weighted by Gasteiger charge is -2.03. The lowest BCUT2D eigenvalue weighted by Crippen LogP contribution is -1.99. The molecule has 0 aliphatic rings. The summed E-state index contributed by atoms with van der Waals surface area (Å²) in [7, 11) is 1.85. The van der Waals surface area contributed by atoms with Crippen molar-refractivity contribution in [3.8, 4) is 0 Å². The Morgan fingerprint density at radius 3 is 2.88 bits per heavy atom. The van der Waals surface area contributed by atoms with Crippen LogP contribution in [-0.2, 0) is 7.05 Å². The zero-order valence-electron chi connectivity index (χ0n) is 8.79. The number of aromatic carboxylic acids is 1. The summed E-state index contributed by atoms with van der Waals surface area (Å²) in [5, 5.41) is 10.3. The minimum atomic E-state index is -1.07. The smallest absolute Gasteiger partial charge is 0.337 e. The lowest BCUT2D eigenvalue weighted by molar-refractivity contribution is 0.0696. The molecule has 0 aliphatic heterocycles. The molecule has 2 rings (SSSR count). The average molecular weight is 270 g/mol. The minimum absolute atomic E-state index is 0.0402. The van der Waals surface area contributed by atoms with Crippen molar-refractivity contribution in [3.63, 3.8) is 0 Å². The van der Waals surface area contributed by atoms with Crippen LogP contribution in [0.15, 0.2) is 34.8 Å². The third-order valence-electron chi connectivity index (χ3n) is 2.03. The first-order chi connectivity index (χ1) is 8.08. The predicted octanol–water partition coefficient (Wildman–Crippen LogP) is 2.32. The highest BCUT2D eigenvalue weighted by atomic mass is 35.5. The molecule has 0 saturated carbocycles. The van der Waals surface area contributed by atoms with Gasteiger partial charge in [-0.05, 0) is 17.8 Å². The molecular weight excluding hydrogens is 262 g/mol. The molecule has 2 aromatic rings. The summed E-state index contributed by atoms with van der Waals surface area (Å²) in [5.41, 5.74) is 0.0402. The Bertz CT molecular complexity index is 570. The van der Waals surface area contributed by atoms with Gasteiger partial charge in [0.15, 0.2) is 5.16 Å². The summed E-state index contributed by atoms with van der Waals surface area (Å²) < 4.78 is 1.82. The zero-order valence-corrected chi connectivity index (χ0v) is 10.4. The summed E-state index contributed by atoms with van der Waals surface area (Å²) in [6.07, 6.45) is 4.79. The van der Waals surface area contributed by atoms with Crippen LogP contribution in [0, 0.1) is 0 Å². The highest BCUT2D eigenvalue weighted by molar-refractivity contribution is 7.99. The SMILES string of the molecule is Cn1ccnc1Sc1cc(C(=O)O)c(Cl)cn1. The number of carboxylic acid groups (broad SMARTS) is 1. The van der Waals surface area contributed by atoms with Crippen LogP contribution in [0.1, 0.15) is 10.4 Å². The Labute approximate surface area is 106 Å². The Balaban J connectivity index is 2.32. The summed E-state index contributed by atoms with van der Waals surface area (Å²) in [6.45, 7) is 0. The van der Waals surface area contributed by atoms with E-state index >= 15 is 0 Å². The number of imidazole rings is 1. The van der Waals surface area contributed by atoms with E-state index in [1.165, 1.54) is 24.0 Å². The minimum Gasteiger partial charge on any atom is -0.478 e. The van der Waals surface area contributed by atoms with Gasteiger partial charge in [-0.2, -0.15) is 0 Å². The highest BCUT2D eigenvalue weighted by Crippen LogP contribution is 2.26. The molecule has 1 N–H and O–H groups in total. The van der Waals surface area contributed by atoms with Crippen LogP contribution in [-0.4, -0.2) is 25.6 Å². The maximum atomic E-state index is 10.9. The largest absolute Gasteiger partial charge is 0.478 e. The van der Waals surface area contributed by atoms with Crippen molar-refractivity contribution in [2.45, 2.75) is 10.2 Å². The molecule has 7 heteroatoms. The van der Waals surface area contributed by atoms with Crippen molar-refractivity contribution >= 4 is 29.3 Å². The van der Waals surface area contributed by atoms with Gasteiger partial charge in [-0.3, -0.25) is 0 Å². The fourth-order valence-electron chi connectivity index (χ4n) is 1.18. The van der Waals surface area contributed by atoms with Gasteiger partial charge in [0.05, 0.1) is 10.6 Å². The third-order valence-corrected chi connectivity index (χ3v) is 3.34. The second-order valence-electron chi connectivity index (χ2n) is 3.23. The molecule has 0 aliphatic carbocycles. The summed E-state index contributed by atoms with van der Waals surface area (Å²) in [4.78, 5) is 19.1. The number of nitrogens with zero attached hydrogens (tertiary/aromatic N) is 3. The van der Waals surface area contributed by atoms with Crippen LogP contribution in [0.3, 0.4) is 0 Å². The molecule has 0 atom stereocenters. The maximum absolute atomic E-state index is 10.9. The molecule has 0 aromatic carbocycles. The molecule has 0 bridgehead atoms. The average Bonchev–Trinajstić information content (AvgIpc) is 2.67. The summed E-state index contributed by atoms with van der Waals surface area (Å²) in [5.74, 6) is -1.07. The Hall–Kier alpha value is -1.53. The number of carboxylic acids is 1. The topological polar surface area (TPSA) is 68.0 Å². The number of aromatic nitrogens is 3. The normalized spacial score (nSPS) is 10.5. The number of hydrogen-bond acceptors (Lipinski definition) is 4. The zero-order chi connectivity index (χ0) is 12.4. The van der Waals surface area contributed by atoms with Gasteiger partial charge in [-0.15, -0.1) is 0 Å². The van der Waals surface area contributed by atoms with Crippen molar-refractivity contribution in [1.29, 1.82) is 0 Å². The number of pyridine rings is 1. The van der Waals surface area contributed by atoms with Gasteiger partial charge in [-0.1, -0.05) is 11.6 Å². The highest BCUT2D eigenvalue weighted by Gasteiger charge is 2.12. The standard InChI is InChI=1S/C10H8ClN3O2S/c1-14-3-2-12-10(14)17-8-4-6(9(15)16)7(11)5-13-8/h2-5H,1H3,(H,15,16). The quantitative estimate of drug-likeness (QED) is 0.926. The van der Waals surface area contributed by atoms with Gasteiger partial charge < -0.3 is 9.67 Å². The van der Waals surface area contributed by atoms with E-state index in [-0.39, 0.29) is 10.6 Å². The van der Waals surface area contributed by atoms with Gasteiger partial charge in [0.1, 0.15) is 5.03 Å². The first-order valence-corrected chi connectivity index (χ1v) is 5.81. The fourth-order valence-corrected chi connectivity index (χ4v) is 2.15. The second kappa shape index (κ2) is 4.77. The van der Waals surface area contributed by atoms with Crippen LogP contribution >= 0.6 is 23.4 Å². The van der Waals surface area contributed by atoms with E-state index in [1.54, 1.807) is 12.4 Å². The monoisotopic (exact) mass is 269 g/mol. The Morgan fingerprint density at radius 2 is 2.29 bits per heavy atom. The van der Waals surface area contributed by atoms with E-state index in [4.69, 9.17) is 16.7 Å². The van der Waals surface area contributed by atoms with Crippen molar-refractivity contribution < 1.29 is 9.90 Å². The van der Waals surface area contributed by atoms with Crippen LogP contribution in [0.2, 0.25) is 5.02 Å². The predicted molar refractivity (Wildman–Crippen MR) is 63.5 cm³/mol. The first-order valence-electron chi connectivity index (χ1n) is 4.62. The second-order valence-corrected chi connectivity index (χ2v) is 4.63. The van der Waals surface area contributed by atoms with Crippen LogP contribution < -0.4 is 0 Å². The fraction of sp³-hybridized carbons (Fsp3) is 0.100. The number of rotatable bonds is 3. The number of halogens is 1. The molecule has 0 saturated heterocycles. The molecule has 0 spiro atoms.